The van der Waals surface area contributed by atoms with Gasteiger partial charge in [-0.1, -0.05) is 0 Å². The summed E-state index contributed by atoms with van der Waals surface area (Å²) < 4.78 is 44.9. The first-order valence-electron chi connectivity index (χ1n) is 6.65. The summed E-state index contributed by atoms with van der Waals surface area (Å²) in [6, 6.07) is 0. The Labute approximate surface area is 141 Å². The van der Waals surface area contributed by atoms with Crippen molar-refractivity contribution in [2.75, 3.05) is 46.6 Å². The first-order chi connectivity index (χ1) is 9.49. The van der Waals surface area contributed by atoms with Gasteiger partial charge in [0.15, 0.2) is 5.96 Å². The van der Waals surface area contributed by atoms with Gasteiger partial charge in [0.05, 0.1) is 0 Å². The Bertz CT molecular complexity index is 267. The predicted octanol–water partition coefficient (Wildman–Crippen LogP) is 2.17. The third-order valence-corrected chi connectivity index (χ3v) is 2.14. The predicted molar refractivity (Wildman–Crippen MR) is 87.4 cm³/mol. The molecule has 5 nitrogen and oxygen atoms in total. The third-order valence-electron chi connectivity index (χ3n) is 2.14. The van der Waals surface area contributed by atoms with Gasteiger partial charge in [-0.3, -0.25) is 4.99 Å². The number of ether oxygens (including phenoxy) is 2. The Morgan fingerprint density at radius 3 is 2.43 bits per heavy atom. The Morgan fingerprint density at radius 2 is 1.86 bits per heavy atom. The minimum Gasteiger partial charge on any atom is -0.385 e. The molecule has 0 aromatic rings. The Kier molecular flexibility index (Phi) is 16.0. The molecule has 0 spiro atoms. The van der Waals surface area contributed by atoms with Crippen LogP contribution in [0.1, 0.15) is 19.8 Å². The quantitative estimate of drug-likeness (QED) is 0.243. The van der Waals surface area contributed by atoms with E-state index >= 15 is 0 Å². The van der Waals surface area contributed by atoms with Crippen molar-refractivity contribution in [3.63, 3.8) is 0 Å². The molecule has 0 fully saturated rings. The molecule has 0 aliphatic heterocycles. The molecule has 0 saturated heterocycles. The fourth-order valence-corrected chi connectivity index (χ4v) is 1.31. The van der Waals surface area contributed by atoms with E-state index in [1.165, 1.54) is 0 Å². The zero-order valence-electron chi connectivity index (χ0n) is 12.5. The standard InChI is InChI=1S/C12H24F3N3O2.HI/c1-3-16-11(17-6-4-8-19-2)18-7-5-9-20-10-12(13,14)15;/h3-10H2,1-2H3,(H2,16,17,18);1H. The van der Waals surface area contributed by atoms with Crippen LogP contribution in [0.4, 0.5) is 13.2 Å². The molecule has 128 valence electrons. The summed E-state index contributed by atoms with van der Waals surface area (Å²) in [6.07, 6.45) is -2.95. The first kappa shape index (κ1) is 23.0. The van der Waals surface area contributed by atoms with Gasteiger partial charge < -0.3 is 20.1 Å². The van der Waals surface area contributed by atoms with Gasteiger partial charge in [-0.05, 0) is 19.8 Å². The van der Waals surface area contributed by atoms with Crippen LogP contribution < -0.4 is 10.6 Å². The lowest BCUT2D eigenvalue weighted by atomic mass is 10.4. The Morgan fingerprint density at radius 1 is 1.14 bits per heavy atom. The lowest BCUT2D eigenvalue weighted by Crippen LogP contribution is -2.38. The molecular formula is C12H25F3IN3O2. The Hall–Kier alpha value is -0.290. The number of halogens is 4. The summed E-state index contributed by atoms with van der Waals surface area (Å²) in [5.74, 6) is 0.652. The zero-order valence-corrected chi connectivity index (χ0v) is 14.8. The van der Waals surface area contributed by atoms with Crippen LogP contribution in [-0.2, 0) is 9.47 Å². The number of nitrogens with zero attached hydrogens (tertiary/aromatic N) is 1. The van der Waals surface area contributed by atoms with Gasteiger partial charge in [0.25, 0.3) is 0 Å². The van der Waals surface area contributed by atoms with Crippen LogP contribution in [-0.4, -0.2) is 58.7 Å². The number of rotatable bonds is 10. The summed E-state index contributed by atoms with van der Waals surface area (Å²) in [4.78, 5) is 4.30. The van der Waals surface area contributed by atoms with Crippen LogP contribution >= 0.6 is 24.0 Å². The average molecular weight is 427 g/mol. The van der Waals surface area contributed by atoms with E-state index < -0.39 is 12.8 Å². The van der Waals surface area contributed by atoms with Crippen molar-refractivity contribution in [3.8, 4) is 0 Å². The molecule has 0 atom stereocenters. The number of methoxy groups -OCH3 is 1. The number of hydrogen-bond acceptors (Lipinski definition) is 3. The van der Waals surface area contributed by atoms with Crippen LogP contribution in [0.25, 0.3) is 0 Å². The number of hydrogen-bond donors (Lipinski definition) is 2. The summed E-state index contributed by atoms with van der Waals surface area (Å²) >= 11 is 0. The van der Waals surface area contributed by atoms with Gasteiger partial charge in [-0.25, -0.2) is 0 Å². The normalized spacial score (nSPS) is 12.0. The van der Waals surface area contributed by atoms with E-state index in [1.807, 2.05) is 6.92 Å². The minimum atomic E-state index is -4.26. The smallest absolute Gasteiger partial charge is 0.385 e. The molecule has 2 N–H and O–H groups in total. The van der Waals surface area contributed by atoms with Crippen LogP contribution in [0.5, 0.6) is 0 Å². The topological polar surface area (TPSA) is 54.9 Å². The molecule has 0 aromatic carbocycles. The van der Waals surface area contributed by atoms with Gasteiger partial charge in [0, 0.05) is 40.0 Å². The molecule has 0 bridgehead atoms. The average Bonchev–Trinajstić information content (AvgIpc) is 2.37. The van der Waals surface area contributed by atoms with E-state index in [0.717, 1.165) is 13.0 Å². The molecule has 0 aromatic heterocycles. The summed E-state index contributed by atoms with van der Waals surface area (Å²) in [6.45, 7) is 3.32. The van der Waals surface area contributed by atoms with Crippen molar-refractivity contribution in [2.45, 2.75) is 25.9 Å². The van der Waals surface area contributed by atoms with Crippen molar-refractivity contribution >= 4 is 29.9 Å². The summed E-state index contributed by atoms with van der Waals surface area (Å²) in [5.41, 5.74) is 0. The van der Waals surface area contributed by atoms with E-state index in [2.05, 4.69) is 20.4 Å². The SMILES string of the molecule is CCNC(=NCCCOC)NCCCOCC(F)(F)F.I. The van der Waals surface area contributed by atoms with Crippen molar-refractivity contribution in [1.82, 2.24) is 10.6 Å². The maximum atomic E-state index is 11.8. The van der Waals surface area contributed by atoms with Crippen LogP contribution in [0.3, 0.4) is 0 Å². The van der Waals surface area contributed by atoms with Gasteiger partial charge in [0.2, 0.25) is 0 Å². The van der Waals surface area contributed by atoms with Crippen LogP contribution in [0, 0.1) is 0 Å². The second-order valence-corrected chi connectivity index (χ2v) is 4.06. The van der Waals surface area contributed by atoms with E-state index in [-0.39, 0.29) is 30.6 Å². The highest BCUT2D eigenvalue weighted by Crippen LogP contribution is 2.14. The summed E-state index contributed by atoms with van der Waals surface area (Å²) in [7, 11) is 1.63. The molecule has 0 rings (SSSR count). The number of aliphatic imine (C=N–C) groups is 1. The van der Waals surface area contributed by atoms with Gasteiger partial charge in [0.1, 0.15) is 6.61 Å². The highest BCUT2D eigenvalue weighted by molar-refractivity contribution is 14.0. The van der Waals surface area contributed by atoms with E-state index in [4.69, 9.17) is 4.74 Å². The van der Waals surface area contributed by atoms with E-state index in [0.29, 0.717) is 32.1 Å². The monoisotopic (exact) mass is 427 g/mol. The fraction of sp³-hybridized carbons (Fsp3) is 0.917. The number of nitrogens with one attached hydrogen (secondary N) is 2. The fourth-order valence-electron chi connectivity index (χ4n) is 1.31. The molecule has 9 heteroatoms. The van der Waals surface area contributed by atoms with Gasteiger partial charge >= 0.3 is 6.18 Å². The second kappa shape index (κ2) is 14.6. The second-order valence-electron chi connectivity index (χ2n) is 4.06. The van der Waals surface area contributed by atoms with Crippen molar-refractivity contribution in [1.29, 1.82) is 0 Å². The van der Waals surface area contributed by atoms with E-state index in [1.54, 1.807) is 7.11 Å². The van der Waals surface area contributed by atoms with E-state index in [9.17, 15) is 13.2 Å². The lowest BCUT2D eigenvalue weighted by Gasteiger charge is -2.11. The lowest BCUT2D eigenvalue weighted by molar-refractivity contribution is -0.173. The van der Waals surface area contributed by atoms with Crippen LogP contribution in [0.15, 0.2) is 4.99 Å². The zero-order chi connectivity index (χ0) is 15.3. The highest BCUT2D eigenvalue weighted by Gasteiger charge is 2.27. The molecule has 0 saturated carbocycles. The number of guanidine groups is 1. The highest BCUT2D eigenvalue weighted by atomic mass is 127. The third kappa shape index (κ3) is 17.7. The minimum absolute atomic E-state index is 0. The molecule has 21 heavy (non-hydrogen) atoms. The maximum Gasteiger partial charge on any atom is 0.411 e. The molecular weight excluding hydrogens is 402 g/mol. The molecule has 0 aliphatic carbocycles. The van der Waals surface area contributed by atoms with Crippen molar-refractivity contribution in [3.05, 3.63) is 0 Å². The largest absolute Gasteiger partial charge is 0.411 e. The molecule has 0 unspecified atom stereocenters. The van der Waals surface area contributed by atoms with Gasteiger partial charge in [-0.2, -0.15) is 13.2 Å². The molecule has 0 aliphatic rings. The Balaban J connectivity index is 0. The molecule has 0 heterocycles. The van der Waals surface area contributed by atoms with Gasteiger partial charge in [-0.15, -0.1) is 24.0 Å². The summed E-state index contributed by atoms with van der Waals surface area (Å²) in [5, 5.41) is 6.08. The van der Waals surface area contributed by atoms with Crippen molar-refractivity contribution < 1.29 is 22.6 Å². The first-order valence-corrected chi connectivity index (χ1v) is 6.65. The molecule has 0 amide bonds. The van der Waals surface area contributed by atoms with Crippen LogP contribution in [0.2, 0.25) is 0 Å². The maximum absolute atomic E-state index is 11.8. The van der Waals surface area contributed by atoms with Crippen molar-refractivity contribution in [2.24, 2.45) is 4.99 Å². The number of alkyl halides is 3. The molecule has 0 radical (unpaired) electrons.